The summed E-state index contributed by atoms with van der Waals surface area (Å²) in [6.07, 6.45) is 1.96. The zero-order valence-corrected chi connectivity index (χ0v) is 8.86. The molecule has 3 amide bonds. The van der Waals surface area contributed by atoms with Crippen LogP contribution in [0.4, 0.5) is 4.79 Å². The second kappa shape index (κ2) is 3.25. The van der Waals surface area contributed by atoms with E-state index in [1.165, 1.54) is 4.90 Å². The van der Waals surface area contributed by atoms with Crippen molar-refractivity contribution < 1.29 is 9.59 Å². The Labute approximate surface area is 88.3 Å². The van der Waals surface area contributed by atoms with Gasteiger partial charge in [0.25, 0.3) is 0 Å². The second-order valence-corrected chi connectivity index (χ2v) is 4.33. The summed E-state index contributed by atoms with van der Waals surface area (Å²) < 4.78 is 0. The first-order chi connectivity index (χ1) is 7.00. The molecule has 2 atom stereocenters. The van der Waals surface area contributed by atoms with Crippen LogP contribution in [-0.2, 0) is 4.79 Å². The molecule has 15 heavy (non-hydrogen) atoms. The number of rotatable bonds is 2. The van der Waals surface area contributed by atoms with Crippen molar-refractivity contribution in [2.75, 3.05) is 6.54 Å². The molecule has 0 radical (unpaired) electrons. The molecule has 1 saturated heterocycles. The highest BCUT2D eigenvalue weighted by Gasteiger charge is 2.42. The molecule has 3 N–H and O–H groups in total. The highest BCUT2D eigenvalue weighted by atomic mass is 16.2. The van der Waals surface area contributed by atoms with Crippen molar-refractivity contribution in [2.45, 2.75) is 25.9 Å². The van der Waals surface area contributed by atoms with Gasteiger partial charge in [0.15, 0.2) is 0 Å². The summed E-state index contributed by atoms with van der Waals surface area (Å²) in [5.41, 5.74) is 6.28. The van der Waals surface area contributed by atoms with E-state index >= 15 is 0 Å². The van der Waals surface area contributed by atoms with Crippen molar-refractivity contribution in [3.05, 3.63) is 11.6 Å². The molecule has 5 nitrogen and oxygen atoms in total. The van der Waals surface area contributed by atoms with Crippen molar-refractivity contribution in [3.8, 4) is 0 Å². The monoisotopic (exact) mass is 209 g/mol. The molecule has 2 aliphatic heterocycles. The molecule has 0 aromatic carbocycles. The molecule has 2 bridgehead atoms. The normalized spacial score (nSPS) is 29.1. The number of carbonyl (C=O) groups is 2. The first-order valence-electron chi connectivity index (χ1n) is 5.08. The first-order valence-corrected chi connectivity index (χ1v) is 5.08. The predicted octanol–water partition coefficient (Wildman–Crippen LogP) is -0.170. The Morgan fingerprint density at radius 3 is 2.87 bits per heavy atom. The van der Waals surface area contributed by atoms with Crippen molar-refractivity contribution in [2.24, 2.45) is 11.7 Å². The van der Waals surface area contributed by atoms with Gasteiger partial charge in [-0.1, -0.05) is 19.9 Å². The van der Waals surface area contributed by atoms with Crippen LogP contribution in [0.3, 0.4) is 0 Å². The van der Waals surface area contributed by atoms with Gasteiger partial charge in [0, 0.05) is 6.54 Å². The quantitative estimate of drug-likeness (QED) is 0.619. The van der Waals surface area contributed by atoms with Crippen LogP contribution in [0.5, 0.6) is 0 Å². The largest absolute Gasteiger partial charge is 0.368 e. The molecule has 2 aliphatic rings. The number of nitrogens with one attached hydrogen (secondary N) is 1. The number of nitrogens with two attached hydrogens (primary N) is 1. The molecule has 0 unspecified atom stereocenters. The van der Waals surface area contributed by atoms with E-state index < -0.39 is 11.9 Å². The zero-order chi connectivity index (χ0) is 11.2. The number of urea groups is 1. The highest BCUT2D eigenvalue weighted by molar-refractivity contribution is 5.91. The van der Waals surface area contributed by atoms with Gasteiger partial charge in [0.1, 0.15) is 6.04 Å². The molecule has 82 valence electrons. The average Bonchev–Trinajstić information content (AvgIpc) is 2.41. The van der Waals surface area contributed by atoms with E-state index in [9.17, 15) is 9.59 Å². The lowest BCUT2D eigenvalue weighted by Gasteiger charge is -2.31. The third kappa shape index (κ3) is 1.48. The molecule has 2 rings (SSSR count). The second-order valence-electron chi connectivity index (χ2n) is 4.33. The minimum absolute atomic E-state index is 0.0329. The van der Waals surface area contributed by atoms with E-state index in [0.717, 1.165) is 5.57 Å². The van der Waals surface area contributed by atoms with Gasteiger partial charge in [0.05, 0.1) is 6.04 Å². The van der Waals surface area contributed by atoms with Crippen LogP contribution in [0.2, 0.25) is 0 Å². The molecule has 0 saturated carbocycles. The van der Waals surface area contributed by atoms with Crippen molar-refractivity contribution in [1.29, 1.82) is 0 Å². The Kier molecular flexibility index (Phi) is 2.17. The number of carbonyl (C=O) groups excluding carboxylic acids is 2. The van der Waals surface area contributed by atoms with E-state index in [1.54, 1.807) is 0 Å². The van der Waals surface area contributed by atoms with E-state index in [1.807, 2.05) is 19.9 Å². The van der Waals surface area contributed by atoms with Crippen LogP contribution in [0.15, 0.2) is 11.6 Å². The molecule has 5 heteroatoms. The minimum atomic E-state index is -0.566. The van der Waals surface area contributed by atoms with Crippen LogP contribution in [0, 0.1) is 5.92 Å². The summed E-state index contributed by atoms with van der Waals surface area (Å²) in [6.45, 7) is 4.54. The van der Waals surface area contributed by atoms with Crippen molar-refractivity contribution >= 4 is 11.9 Å². The predicted molar refractivity (Wildman–Crippen MR) is 54.9 cm³/mol. The zero-order valence-electron chi connectivity index (χ0n) is 8.86. The summed E-state index contributed by atoms with van der Waals surface area (Å²) in [6, 6.07) is -0.732. The maximum absolute atomic E-state index is 11.5. The van der Waals surface area contributed by atoms with Crippen molar-refractivity contribution in [3.63, 3.8) is 0 Å². The SMILES string of the molecule is CC(C)C1=C[C@@H]2CN(C(=O)N2)[C@@H]1C(N)=O. The van der Waals surface area contributed by atoms with Gasteiger partial charge in [-0.25, -0.2) is 4.79 Å². The van der Waals surface area contributed by atoms with Crippen LogP contribution in [0.1, 0.15) is 13.8 Å². The standard InChI is InChI=1S/C10H15N3O2/c1-5(2)7-3-6-4-13(10(15)12-6)8(7)9(11)14/h3,5-6,8H,4H2,1-2H3,(H2,11,14)(H,12,15)/t6-,8+/m1/s1. The smallest absolute Gasteiger partial charge is 0.318 e. The lowest BCUT2D eigenvalue weighted by molar-refractivity contribution is -0.121. The molecule has 1 fully saturated rings. The van der Waals surface area contributed by atoms with Gasteiger partial charge in [-0.2, -0.15) is 0 Å². The van der Waals surface area contributed by atoms with Gasteiger partial charge in [-0.15, -0.1) is 0 Å². The third-order valence-electron chi connectivity index (χ3n) is 2.92. The topological polar surface area (TPSA) is 75.4 Å². The number of hydrogen-bond acceptors (Lipinski definition) is 2. The van der Waals surface area contributed by atoms with Crippen LogP contribution in [0.25, 0.3) is 0 Å². The van der Waals surface area contributed by atoms with Crippen LogP contribution < -0.4 is 11.1 Å². The lowest BCUT2D eigenvalue weighted by Crippen LogP contribution is -2.49. The molecule has 0 aromatic rings. The Morgan fingerprint density at radius 1 is 1.67 bits per heavy atom. The summed E-state index contributed by atoms with van der Waals surface area (Å²) in [5.74, 6) is -0.231. The van der Waals surface area contributed by atoms with E-state index in [0.29, 0.717) is 6.54 Å². The number of nitrogens with zero attached hydrogens (tertiary/aromatic N) is 1. The molecular formula is C10H15N3O2. The molecule has 0 aromatic heterocycles. The lowest BCUT2D eigenvalue weighted by atomic mass is 9.90. The fourth-order valence-corrected chi connectivity index (χ4v) is 2.23. The maximum atomic E-state index is 11.5. The summed E-state index contributed by atoms with van der Waals surface area (Å²) in [4.78, 5) is 24.4. The maximum Gasteiger partial charge on any atom is 0.318 e. The Morgan fingerprint density at radius 2 is 2.33 bits per heavy atom. The number of hydrogen-bond donors (Lipinski definition) is 2. The first kappa shape index (κ1) is 10.0. The Balaban J connectivity index is 2.38. The summed E-state index contributed by atoms with van der Waals surface area (Å²) in [5, 5.41) is 2.79. The Bertz CT molecular complexity index is 349. The average molecular weight is 209 g/mol. The van der Waals surface area contributed by atoms with Crippen LogP contribution >= 0.6 is 0 Å². The third-order valence-corrected chi connectivity index (χ3v) is 2.92. The summed E-state index contributed by atoms with van der Waals surface area (Å²) >= 11 is 0. The minimum Gasteiger partial charge on any atom is -0.368 e. The fraction of sp³-hybridized carbons (Fsp3) is 0.600. The number of amides is 3. The van der Waals surface area contributed by atoms with E-state index in [2.05, 4.69) is 5.32 Å². The van der Waals surface area contributed by atoms with Gasteiger partial charge >= 0.3 is 6.03 Å². The van der Waals surface area contributed by atoms with Crippen LogP contribution in [-0.4, -0.2) is 35.5 Å². The van der Waals surface area contributed by atoms with Gasteiger partial charge < -0.3 is 16.0 Å². The van der Waals surface area contributed by atoms with E-state index in [-0.39, 0.29) is 18.0 Å². The number of fused-ring (bicyclic) bond motifs is 2. The molecule has 0 spiro atoms. The van der Waals surface area contributed by atoms with Gasteiger partial charge in [-0.05, 0) is 11.5 Å². The number of primary amides is 1. The van der Waals surface area contributed by atoms with Gasteiger partial charge in [-0.3, -0.25) is 4.79 Å². The Hall–Kier alpha value is -1.52. The molecular weight excluding hydrogens is 194 g/mol. The molecule has 2 heterocycles. The van der Waals surface area contributed by atoms with Gasteiger partial charge in [0.2, 0.25) is 5.91 Å². The fourth-order valence-electron chi connectivity index (χ4n) is 2.23. The van der Waals surface area contributed by atoms with Crippen molar-refractivity contribution in [1.82, 2.24) is 10.2 Å². The molecule has 0 aliphatic carbocycles. The van der Waals surface area contributed by atoms with E-state index in [4.69, 9.17) is 5.73 Å². The summed E-state index contributed by atoms with van der Waals surface area (Å²) in [7, 11) is 0. The highest BCUT2D eigenvalue weighted by Crippen LogP contribution is 2.27.